The summed E-state index contributed by atoms with van der Waals surface area (Å²) in [6, 6.07) is 0. The van der Waals surface area contributed by atoms with Gasteiger partial charge in [0.1, 0.15) is 5.82 Å². The van der Waals surface area contributed by atoms with Crippen molar-refractivity contribution in [1.82, 2.24) is 15.4 Å². The van der Waals surface area contributed by atoms with Crippen molar-refractivity contribution in [3.05, 3.63) is 22.7 Å². The van der Waals surface area contributed by atoms with Crippen LogP contribution < -0.4 is 5.48 Å². The number of hydrogen-bond donors (Lipinski definition) is 1. The molecule has 0 aliphatic heterocycles. The molecular formula is C11H16ClN3O3. The Hall–Kier alpha value is -1.24. The summed E-state index contributed by atoms with van der Waals surface area (Å²) in [5.74, 6) is 0.171. The summed E-state index contributed by atoms with van der Waals surface area (Å²) in [6.45, 7) is 4.50. The third-order valence-electron chi connectivity index (χ3n) is 2.05. The first-order chi connectivity index (χ1) is 8.56. The monoisotopic (exact) mass is 273 g/mol. The van der Waals surface area contributed by atoms with Gasteiger partial charge in [0.2, 0.25) is 0 Å². The van der Waals surface area contributed by atoms with E-state index in [4.69, 9.17) is 21.2 Å². The zero-order valence-electron chi connectivity index (χ0n) is 10.6. The van der Waals surface area contributed by atoms with Gasteiger partial charge in [0.15, 0.2) is 5.69 Å². The average Bonchev–Trinajstić information content (AvgIpc) is 2.34. The number of methoxy groups -OCH3 is 1. The van der Waals surface area contributed by atoms with Gasteiger partial charge in [-0.3, -0.25) is 9.63 Å². The maximum atomic E-state index is 11.8. The number of halogens is 1. The molecule has 1 heterocycles. The van der Waals surface area contributed by atoms with Gasteiger partial charge in [0.05, 0.1) is 24.4 Å². The first kappa shape index (κ1) is 14.8. The highest BCUT2D eigenvalue weighted by atomic mass is 35.5. The van der Waals surface area contributed by atoms with Crippen LogP contribution in [0.3, 0.4) is 0 Å². The zero-order chi connectivity index (χ0) is 13.5. The molecule has 18 heavy (non-hydrogen) atoms. The number of ether oxygens (including phenoxy) is 1. The SMILES string of the molecule is COCCONC(=O)c1nc(C(C)C)ncc1Cl. The van der Waals surface area contributed by atoms with E-state index in [-0.39, 0.29) is 23.2 Å². The van der Waals surface area contributed by atoms with Crippen LogP contribution in [0.4, 0.5) is 0 Å². The maximum Gasteiger partial charge on any atom is 0.295 e. The molecule has 0 fully saturated rings. The Morgan fingerprint density at radius 3 is 2.83 bits per heavy atom. The van der Waals surface area contributed by atoms with Crippen LogP contribution in [0.15, 0.2) is 6.20 Å². The van der Waals surface area contributed by atoms with E-state index in [2.05, 4.69) is 15.4 Å². The molecule has 100 valence electrons. The van der Waals surface area contributed by atoms with Gasteiger partial charge in [-0.1, -0.05) is 25.4 Å². The van der Waals surface area contributed by atoms with Crippen molar-refractivity contribution in [3.8, 4) is 0 Å². The van der Waals surface area contributed by atoms with Crippen LogP contribution >= 0.6 is 11.6 Å². The Morgan fingerprint density at radius 2 is 2.22 bits per heavy atom. The molecule has 0 atom stereocenters. The smallest absolute Gasteiger partial charge is 0.295 e. The molecule has 0 aliphatic carbocycles. The predicted molar refractivity (Wildman–Crippen MR) is 66.4 cm³/mol. The van der Waals surface area contributed by atoms with E-state index >= 15 is 0 Å². The van der Waals surface area contributed by atoms with Gasteiger partial charge in [0, 0.05) is 13.0 Å². The number of nitrogens with one attached hydrogen (secondary N) is 1. The lowest BCUT2D eigenvalue weighted by atomic mass is 10.2. The van der Waals surface area contributed by atoms with Crippen LogP contribution in [0, 0.1) is 0 Å². The van der Waals surface area contributed by atoms with E-state index in [0.717, 1.165) is 0 Å². The number of hydroxylamine groups is 1. The highest BCUT2D eigenvalue weighted by Gasteiger charge is 2.15. The van der Waals surface area contributed by atoms with E-state index in [1.807, 2.05) is 13.8 Å². The summed E-state index contributed by atoms with van der Waals surface area (Å²) in [5, 5.41) is 0.187. The fraction of sp³-hybridized carbons (Fsp3) is 0.545. The normalized spacial score (nSPS) is 10.7. The zero-order valence-corrected chi connectivity index (χ0v) is 11.3. The molecule has 1 aromatic heterocycles. The molecule has 0 saturated carbocycles. The van der Waals surface area contributed by atoms with Gasteiger partial charge >= 0.3 is 0 Å². The lowest BCUT2D eigenvalue weighted by Crippen LogP contribution is -2.27. The van der Waals surface area contributed by atoms with Crippen molar-refractivity contribution < 1.29 is 14.4 Å². The second-order valence-corrected chi connectivity index (χ2v) is 4.26. The predicted octanol–water partition coefficient (Wildman–Crippen LogP) is 1.56. The lowest BCUT2D eigenvalue weighted by Gasteiger charge is -2.08. The molecule has 1 amide bonds. The number of hydrogen-bond acceptors (Lipinski definition) is 5. The van der Waals surface area contributed by atoms with E-state index in [0.29, 0.717) is 12.4 Å². The molecule has 1 rings (SSSR count). The van der Waals surface area contributed by atoms with Crippen LogP contribution in [0.1, 0.15) is 36.1 Å². The summed E-state index contributed by atoms with van der Waals surface area (Å²) < 4.78 is 4.78. The molecule has 0 bridgehead atoms. The van der Waals surface area contributed by atoms with Crippen LogP contribution in [-0.4, -0.2) is 36.2 Å². The quantitative estimate of drug-likeness (QED) is 0.629. The molecule has 0 radical (unpaired) electrons. The highest BCUT2D eigenvalue weighted by molar-refractivity contribution is 6.33. The summed E-state index contributed by atoms with van der Waals surface area (Å²) in [7, 11) is 1.54. The average molecular weight is 274 g/mol. The Bertz CT molecular complexity index is 413. The van der Waals surface area contributed by atoms with Crippen LogP contribution in [0.25, 0.3) is 0 Å². The van der Waals surface area contributed by atoms with E-state index < -0.39 is 5.91 Å². The van der Waals surface area contributed by atoms with Gasteiger partial charge in [-0.25, -0.2) is 15.4 Å². The largest absolute Gasteiger partial charge is 0.382 e. The third-order valence-corrected chi connectivity index (χ3v) is 2.33. The van der Waals surface area contributed by atoms with Crippen molar-refractivity contribution >= 4 is 17.5 Å². The summed E-state index contributed by atoms with van der Waals surface area (Å²) in [5.41, 5.74) is 2.35. The number of amides is 1. The Morgan fingerprint density at radius 1 is 1.50 bits per heavy atom. The van der Waals surface area contributed by atoms with Gasteiger partial charge in [-0.15, -0.1) is 0 Å². The van der Waals surface area contributed by atoms with Gasteiger partial charge < -0.3 is 4.74 Å². The van der Waals surface area contributed by atoms with Gasteiger partial charge in [-0.2, -0.15) is 0 Å². The van der Waals surface area contributed by atoms with E-state index in [1.165, 1.54) is 6.20 Å². The van der Waals surface area contributed by atoms with E-state index in [1.54, 1.807) is 7.11 Å². The van der Waals surface area contributed by atoms with E-state index in [9.17, 15) is 4.79 Å². The lowest BCUT2D eigenvalue weighted by molar-refractivity contribution is 0.00856. The molecule has 0 aromatic carbocycles. The molecule has 1 N–H and O–H groups in total. The van der Waals surface area contributed by atoms with Gasteiger partial charge in [0.25, 0.3) is 5.91 Å². The van der Waals surface area contributed by atoms with Crippen molar-refractivity contribution in [2.45, 2.75) is 19.8 Å². The molecule has 0 saturated heterocycles. The van der Waals surface area contributed by atoms with Crippen molar-refractivity contribution in [2.24, 2.45) is 0 Å². The Balaban J connectivity index is 2.69. The van der Waals surface area contributed by atoms with Crippen molar-refractivity contribution in [1.29, 1.82) is 0 Å². The second kappa shape index (κ2) is 7.25. The fourth-order valence-corrected chi connectivity index (χ4v) is 1.28. The van der Waals surface area contributed by atoms with Crippen molar-refractivity contribution in [2.75, 3.05) is 20.3 Å². The number of nitrogens with zero attached hydrogens (tertiary/aromatic N) is 2. The molecule has 6 nitrogen and oxygen atoms in total. The highest BCUT2D eigenvalue weighted by Crippen LogP contribution is 2.16. The first-order valence-corrected chi connectivity index (χ1v) is 5.87. The number of aromatic nitrogens is 2. The minimum absolute atomic E-state index is 0.104. The molecule has 7 heteroatoms. The minimum atomic E-state index is -0.500. The second-order valence-electron chi connectivity index (χ2n) is 3.85. The summed E-state index contributed by atoms with van der Waals surface area (Å²) in [6.07, 6.45) is 1.41. The Kier molecular flexibility index (Phi) is 5.97. The number of rotatable bonds is 6. The Labute approximate surface area is 111 Å². The number of carbonyl (C=O) groups is 1. The molecule has 0 aliphatic rings. The minimum Gasteiger partial charge on any atom is -0.382 e. The summed E-state index contributed by atoms with van der Waals surface area (Å²) >= 11 is 5.87. The molecule has 1 aromatic rings. The third kappa shape index (κ3) is 4.21. The standard InChI is InChI=1S/C11H16ClN3O3/c1-7(2)10-13-6-8(12)9(14-10)11(16)15-18-5-4-17-3/h6-7H,4-5H2,1-3H3,(H,15,16). The first-order valence-electron chi connectivity index (χ1n) is 5.49. The van der Waals surface area contributed by atoms with Crippen LogP contribution in [0.2, 0.25) is 5.02 Å². The topological polar surface area (TPSA) is 73.3 Å². The van der Waals surface area contributed by atoms with Crippen molar-refractivity contribution in [3.63, 3.8) is 0 Å². The molecular weight excluding hydrogens is 258 g/mol. The maximum absolute atomic E-state index is 11.8. The molecule has 0 unspecified atom stereocenters. The fourth-order valence-electron chi connectivity index (χ4n) is 1.11. The van der Waals surface area contributed by atoms with Crippen LogP contribution in [-0.2, 0) is 9.57 Å². The van der Waals surface area contributed by atoms with Crippen LogP contribution in [0.5, 0.6) is 0 Å². The molecule has 0 spiro atoms. The summed E-state index contributed by atoms with van der Waals surface area (Å²) in [4.78, 5) is 24.8. The number of carbonyl (C=O) groups excluding carboxylic acids is 1. The van der Waals surface area contributed by atoms with Gasteiger partial charge in [-0.05, 0) is 0 Å².